The van der Waals surface area contributed by atoms with Gasteiger partial charge in [0, 0.05) is 32.4 Å². The van der Waals surface area contributed by atoms with Gasteiger partial charge < -0.3 is 19.4 Å². The predicted octanol–water partition coefficient (Wildman–Crippen LogP) is 1.56. The standard InChI is InChI=1S/C16H21N3O3/c1-19-11-10-17-15(19)7-9-18-16(20)8-12-22-14-5-3-13(21-2)4-6-14/h3-6,10-11H,7-9,12H2,1-2H3,(H,18,20). The lowest BCUT2D eigenvalue weighted by atomic mass is 10.3. The fourth-order valence-electron chi connectivity index (χ4n) is 1.97. The Morgan fingerprint density at radius 2 is 2.00 bits per heavy atom. The van der Waals surface area contributed by atoms with Gasteiger partial charge in [-0.15, -0.1) is 0 Å². The summed E-state index contributed by atoms with van der Waals surface area (Å²) in [6, 6.07) is 7.28. The number of ether oxygens (including phenoxy) is 2. The molecule has 0 unspecified atom stereocenters. The second-order valence-electron chi connectivity index (χ2n) is 4.83. The van der Waals surface area contributed by atoms with Crippen LogP contribution in [-0.2, 0) is 18.3 Å². The highest BCUT2D eigenvalue weighted by molar-refractivity contribution is 5.75. The number of methoxy groups -OCH3 is 1. The zero-order chi connectivity index (χ0) is 15.8. The largest absolute Gasteiger partial charge is 0.497 e. The first-order valence-corrected chi connectivity index (χ1v) is 7.19. The Kier molecular flexibility index (Phi) is 5.82. The molecule has 1 N–H and O–H groups in total. The number of carbonyl (C=O) groups excluding carboxylic acids is 1. The second kappa shape index (κ2) is 8.07. The zero-order valence-electron chi connectivity index (χ0n) is 12.9. The van der Waals surface area contributed by atoms with E-state index in [2.05, 4.69) is 10.3 Å². The molecular formula is C16H21N3O3. The van der Waals surface area contributed by atoms with Crippen molar-refractivity contribution in [1.29, 1.82) is 0 Å². The number of aryl methyl sites for hydroxylation is 1. The number of aromatic nitrogens is 2. The van der Waals surface area contributed by atoms with Crippen LogP contribution < -0.4 is 14.8 Å². The summed E-state index contributed by atoms with van der Waals surface area (Å²) in [5.74, 6) is 2.43. The van der Waals surface area contributed by atoms with Crippen molar-refractivity contribution >= 4 is 5.91 Å². The van der Waals surface area contributed by atoms with E-state index in [0.717, 1.165) is 17.3 Å². The molecule has 0 saturated heterocycles. The molecule has 118 valence electrons. The van der Waals surface area contributed by atoms with Crippen LogP contribution in [0.3, 0.4) is 0 Å². The van der Waals surface area contributed by atoms with Gasteiger partial charge in [-0.3, -0.25) is 4.79 Å². The summed E-state index contributed by atoms with van der Waals surface area (Å²) in [7, 11) is 3.55. The number of amides is 1. The summed E-state index contributed by atoms with van der Waals surface area (Å²) in [5, 5.41) is 2.86. The topological polar surface area (TPSA) is 65.4 Å². The number of nitrogens with zero attached hydrogens (tertiary/aromatic N) is 2. The number of carbonyl (C=O) groups is 1. The predicted molar refractivity (Wildman–Crippen MR) is 83.0 cm³/mol. The first-order valence-electron chi connectivity index (χ1n) is 7.19. The van der Waals surface area contributed by atoms with Gasteiger partial charge in [0.15, 0.2) is 0 Å². The van der Waals surface area contributed by atoms with Crippen LogP contribution in [0.2, 0.25) is 0 Å². The van der Waals surface area contributed by atoms with Crippen LogP contribution in [0.5, 0.6) is 11.5 Å². The van der Waals surface area contributed by atoms with Crippen LogP contribution >= 0.6 is 0 Å². The van der Waals surface area contributed by atoms with Crippen LogP contribution in [0.15, 0.2) is 36.7 Å². The first-order chi connectivity index (χ1) is 10.7. The zero-order valence-corrected chi connectivity index (χ0v) is 12.9. The summed E-state index contributed by atoms with van der Waals surface area (Å²) in [5.41, 5.74) is 0. The molecule has 1 aromatic heterocycles. The van der Waals surface area contributed by atoms with Crippen molar-refractivity contribution in [2.45, 2.75) is 12.8 Å². The van der Waals surface area contributed by atoms with Crippen molar-refractivity contribution < 1.29 is 14.3 Å². The maximum absolute atomic E-state index is 11.7. The summed E-state index contributed by atoms with van der Waals surface area (Å²) < 4.78 is 12.5. The summed E-state index contributed by atoms with van der Waals surface area (Å²) >= 11 is 0. The van der Waals surface area contributed by atoms with Gasteiger partial charge >= 0.3 is 0 Å². The number of rotatable bonds is 8. The first kappa shape index (κ1) is 15.9. The van der Waals surface area contributed by atoms with Crippen molar-refractivity contribution in [3.63, 3.8) is 0 Å². The minimum Gasteiger partial charge on any atom is -0.497 e. The number of benzene rings is 1. The molecule has 2 rings (SSSR count). The molecule has 6 nitrogen and oxygen atoms in total. The highest BCUT2D eigenvalue weighted by Crippen LogP contribution is 2.16. The van der Waals surface area contributed by atoms with Crippen molar-refractivity contribution in [2.24, 2.45) is 7.05 Å². The maximum Gasteiger partial charge on any atom is 0.223 e. The Balaban J connectivity index is 1.62. The second-order valence-corrected chi connectivity index (χ2v) is 4.83. The molecule has 1 amide bonds. The van der Waals surface area contributed by atoms with E-state index < -0.39 is 0 Å². The third kappa shape index (κ3) is 4.80. The van der Waals surface area contributed by atoms with E-state index in [0.29, 0.717) is 26.0 Å². The van der Waals surface area contributed by atoms with Crippen molar-refractivity contribution in [2.75, 3.05) is 20.3 Å². The van der Waals surface area contributed by atoms with Gasteiger partial charge in [0.25, 0.3) is 0 Å². The van der Waals surface area contributed by atoms with Crippen molar-refractivity contribution in [3.05, 3.63) is 42.5 Å². The minimum absolute atomic E-state index is 0.0253. The summed E-state index contributed by atoms with van der Waals surface area (Å²) in [4.78, 5) is 15.9. The molecule has 1 aromatic carbocycles. The average molecular weight is 303 g/mol. The highest BCUT2D eigenvalue weighted by Gasteiger charge is 2.04. The molecule has 0 radical (unpaired) electrons. The molecule has 0 bridgehead atoms. The Labute approximate surface area is 130 Å². The van der Waals surface area contributed by atoms with Gasteiger partial charge in [0.2, 0.25) is 5.91 Å². The average Bonchev–Trinajstić information content (AvgIpc) is 2.93. The van der Waals surface area contributed by atoms with Gasteiger partial charge in [-0.25, -0.2) is 4.98 Å². The molecule has 1 heterocycles. The van der Waals surface area contributed by atoms with E-state index in [1.807, 2.05) is 42.1 Å². The van der Waals surface area contributed by atoms with E-state index in [1.54, 1.807) is 13.3 Å². The van der Waals surface area contributed by atoms with Crippen molar-refractivity contribution in [1.82, 2.24) is 14.9 Å². The summed E-state index contributed by atoms with van der Waals surface area (Å²) in [6.45, 7) is 0.923. The fraction of sp³-hybridized carbons (Fsp3) is 0.375. The normalized spacial score (nSPS) is 10.3. The van der Waals surface area contributed by atoms with Gasteiger partial charge in [0.1, 0.15) is 17.3 Å². The van der Waals surface area contributed by atoms with E-state index in [-0.39, 0.29) is 5.91 Å². The van der Waals surface area contributed by atoms with E-state index in [9.17, 15) is 4.79 Å². The highest BCUT2D eigenvalue weighted by atomic mass is 16.5. The smallest absolute Gasteiger partial charge is 0.223 e. The van der Waals surface area contributed by atoms with Gasteiger partial charge in [-0.1, -0.05) is 0 Å². The van der Waals surface area contributed by atoms with Crippen LogP contribution in [0, 0.1) is 0 Å². The Morgan fingerprint density at radius 3 is 2.64 bits per heavy atom. The lowest BCUT2D eigenvalue weighted by Crippen LogP contribution is -2.27. The van der Waals surface area contributed by atoms with Crippen LogP contribution in [0.1, 0.15) is 12.2 Å². The number of nitrogens with one attached hydrogen (secondary N) is 1. The monoisotopic (exact) mass is 303 g/mol. The van der Waals surface area contributed by atoms with E-state index in [1.165, 1.54) is 0 Å². The molecule has 0 saturated carbocycles. The molecule has 22 heavy (non-hydrogen) atoms. The molecule has 0 aliphatic carbocycles. The Morgan fingerprint density at radius 1 is 1.27 bits per heavy atom. The molecule has 0 aliphatic rings. The number of imidazole rings is 1. The molecular weight excluding hydrogens is 282 g/mol. The number of hydrogen-bond donors (Lipinski definition) is 1. The molecule has 0 aliphatic heterocycles. The SMILES string of the molecule is COc1ccc(OCCC(=O)NCCc2nccn2C)cc1. The van der Waals surface area contributed by atoms with Gasteiger partial charge in [-0.05, 0) is 24.3 Å². The molecule has 2 aromatic rings. The molecule has 6 heteroatoms. The third-order valence-corrected chi connectivity index (χ3v) is 3.25. The third-order valence-electron chi connectivity index (χ3n) is 3.25. The minimum atomic E-state index is -0.0253. The van der Waals surface area contributed by atoms with Crippen LogP contribution in [-0.4, -0.2) is 35.7 Å². The van der Waals surface area contributed by atoms with E-state index >= 15 is 0 Å². The summed E-state index contributed by atoms with van der Waals surface area (Å²) in [6.07, 6.45) is 4.68. The van der Waals surface area contributed by atoms with Crippen LogP contribution in [0.4, 0.5) is 0 Å². The number of hydrogen-bond acceptors (Lipinski definition) is 4. The fourth-order valence-corrected chi connectivity index (χ4v) is 1.97. The van der Waals surface area contributed by atoms with Gasteiger partial charge in [-0.2, -0.15) is 0 Å². The van der Waals surface area contributed by atoms with Gasteiger partial charge in [0.05, 0.1) is 20.1 Å². The Bertz CT molecular complexity index is 593. The molecule has 0 atom stereocenters. The molecule has 0 fully saturated rings. The quantitative estimate of drug-likeness (QED) is 0.803. The van der Waals surface area contributed by atoms with Crippen molar-refractivity contribution in [3.8, 4) is 11.5 Å². The molecule has 0 spiro atoms. The Hall–Kier alpha value is -2.50. The van der Waals surface area contributed by atoms with Crippen LogP contribution in [0.25, 0.3) is 0 Å². The maximum atomic E-state index is 11.7. The lowest BCUT2D eigenvalue weighted by Gasteiger charge is -2.08. The lowest BCUT2D eigenvalue weighted by molar-refractivity contribution is -0.121. The van der Waals surface area contributed by atoms with E-state index in [4.69, 9.17) is 9.47 Å².